The number of hydrogen-bond acceptors (Lipinski definition) is 4. The van der Waals surface area contributed by atoms with Crippen molar-refractivity contribution in [3.8, 4) is 11.5 Å². The van der Waals surface area contributed by atoms with Crippen molar-refractivity contribution in [3.63, 3.8) is 0 Å². The van der Waals surface area contributed by atoms with Crippen LogP contribution in [0.3, 0.4) is 0 Å². The fraction of sp³-hybridized carbons (Fsp3) is 0.467. The molecule has 0 amide bonds. The van der Waals surface area contributed by atoms with Gasteiger partial charge in [-0.25, -0.2) is 0 Å². The zero-order valence-electron chi connectivity index (χ0n) is 12.5. The molecule has 0 saturated carbocycles. The van der Waals surface area contributed by atoms with Gasteiger partial charge in [-0.1, -0.05) is 19.9 Å². The first-order valence-corrected chi connectivity index (χ1v) is 6.71. The quantitative estimate of drug-likeness (QED) is 0.813. The Labute approximate surface area is 119 Å². The second kappa shape index (κ2) is 6.41. The number of ether oxygens (including phenoxy) is 2. The van der Waals surface area contributed by atoms with Gasteiger partial charge in [-0.05, 0) is 23.6 Å². The number of nitrogens with zero attached hydrogens (tertiary/aromatic N) is 3. The van der Waals surface area contributed by atoms with Gasteiger partial charge < -0.3 is 14.0 Å². The average molecular weight is 275 g/mol. The van der Waals surface area contributed by atoms with Crippen LogP contribution >= 0.6 is 0 Å². The maximum absolute atomic E-state index is 5.32. The maximum atomic E-state index is 5.32. The van der Waals surface area contributed by atoms with E-state index in [1.54, 1.807) is 20.5 Å². The minimum Gasteiger partial charge on any atom is -0.493 e. The molecule has 1 aromatic heterocycles. The van der Waals surface area contributed by atoms with Crippen LogP contribution in [0.1, 0.15) is 25.2 Å². The molecule has 0 bridgehead atoms. The largest absolute Gasteiger partial charge is 0.493 e. The standard InChI is InChI=1S/C15H21N3O2/c1-11(2)9-18-10-16-17-15(18)8-12-5-6-13(19-3)14(7-12)20-4/h5-7,10-11H,8-9H2,1-4H3. The lowest BCUT2D eigenvalue weighted by atomic mass is 10.1. The summed E-state index contributed by atoms with van der Waals surface area (Å²) in [4.78, 5) is 0. The zero-order valence-corrected chi connectivity index (χ0v) is 12.5. The van der Waals surface area contributed by atoms with Crippen LogP contribution in [0, 0.1) is 5.92 Å². The molecule has 0 radical (unpaired) electrons. The second-order valence-electron chi connectivity index (χ2n) is 5.16. The highest BCUT2D eigenvalue weighted by atomic mass is 16.5. The Bertz CT molecular complexity index is 564. The number of methoxy groups -OCH3 is 2. The van der Waals surface area contributed by atoms with E-state index in [2.05, 4.69) is 28.6 Å². The fourth-order valence-electron chi connectivity index (χ4n) is 2.13. The molecule has 2 aromatic rings. The Balaban J connectivity index is 2.20. The monoisotopic (exact) mass is 275 g/mol. The van der Waals surface area contributed by atoms with Crippen molar-refractivity contribution in [1.82, 2.24) is 14.8 Å². The maximum Gasteiger partial charge on any atom is 0.161 e. The molecule has 0 atom stereocenters. The van der Waals surface area contributed by atoms with Gasteiger partial charge in [-0.15, -0.1) is 10.2 Å². The SMILES string of the molecule is COc1ccc(Cc2nncn2CC(C)C)cc1OC. The predicted molar refractivity (Wildman–Crippen MR) is 77.2 cm³/mol. The molecule has 2 rings (SSSR count). The summed E-state index contributed by atoms with van der Waals surface area (Å²) in [7, 11) is 3.28. The molecule has 1 heterocycles. The smallest absolute Gasteiger partial charge is 0.161 e. The van der Waals surface area contributed by atoms with Crippen molar-refractivity contribution < 1.29 is 9.47 Å². The third-order valence-electron chi connectivity index (χ3n) is 3.07. The number of benzene rings is 1. The van der Waals surface area contributed by atoms with E-state index in [9.17, 15) is 0 Å². The first kappa shape index (κ1) is 14.4. The van der Waals surface area contributed by atoms with Crippen LogP contribution in [-0.2, 0) is 13.0 Å². The molecule has 0 spiro atoms. The number of rotatable bonds is 6. The van der Waals surface area contributed by atoms with Crippen LogP contribution in [0.5, 0.6) is 11.5 Å². The summed E-state index contributed by atoms with van der Waals surface area (Å²) in [6, 6.07) is 5.92. The lowest BCUT2D eigenvalue weighted by molar-refractivity contribution is 0.354. The third-order valence-corrected chi connectivity index (χ3v) is 3.07. The van der Waals surface area contributed by atoms with Gasteiger partial charge in [-0.3, -0.25) is 0 Å². The molecule has 1 aromatic carbocycles. The first-order valence-electron chi connectivity index (χ1n) is 6.71. The average Bonchev–Trinajstić information content (AvgIpc) is 2.85. The van der Waals surface area contributed by atoms with Crippen molar-refractivity contribution in [3.05, 3.63) is 35.9 Å². The van der Waals surface area contributed by atoms with Crippen molar-refractivity contribution in [1.29, 1.82) is 0 Å². The fourth-order valence-corrected chi connectivity index (χ4v) is 2.13. The molecule has 108 valence electrons. The van der Waals surface area contributed by atoms with Crippen LogP contribution in [0.2, 0.25) is 0 Å². The van der Waals surface area contributed by atoms with Crippen LogP contribution < -0.4 is 9.47 Å². The van der Waals surface area contributed by atoms with E-state index < -0.39 is 0 Å². The van der Waals surface area contributed by atoms with Gasteiger partial charge in [-0.2, -0.15) is 0 Å². The van der Waals surface area contributed by atoms with Crippen molar-refractivity contribution in [2.45, 2.75) is 26.8 Å². The van der Waals surface area contributed by atoms with Crippen molar-refractivity contribution in [2.24, 2.45) is 5.92 Å². The summed E-state index contributed by atoms with van der Waals surface area (Å²) >= 11 is 0. The van der Waals surface area contributed by atoms with Gasteiger partial charge >= 0.3 is 0 Å². The zero-order chi connectivity index (χ0) is 14.5. The van der Waals surface area contributed by atoms with E-state index in [0.29, 0.717) is 5.92 Å². The highest BCUT2D eigenvalue weighted by molar-refractivity contribution is 5.43. The van der Waals surface area contributed by atoms with Crippen molar-refractivity contribution >= 4 is 0 Å². The summed E-state index contributed by atoms with van der Waals surface area (Å²) in [5.41, 5.74) is 1.13. The number of hydrogen-bond donors (Lipinski definition) is 0. The summed E-state index contributed by atoms with van der Waals surface area (Å²) in [5.74, 6) is 3.00. The van der Waals surface area contributed by atoms with Crippen LogP contribution in [0.15, 0.2) is 24.5 Å². The highest BCUT2D eigenvalue weighted by Crippen LogP contribution is 2.28. The van der Waals surface area contributed by atoms with Gasteiger partial charge in [0.1, 0.15) is 12.2 Å². The summed E-state index contributed by atoms with van der Waals surface area (Å²) in [5, 5.41) is 8.21. The molecule has 0 fully saturated rings. The van der Waals surface area contributed by atoms with E-state index in [-0.39, 0.29) is 0 Å². The summed E-state index contributed by atoms with van der Waals surface area (Å²) in [6.07, 6.45) is 2.52. The molecular formula is C15H21N3O2. The summed E-state index contributed by atoms with van der Waals surface area (Å²) < 4.78 is 12.7. The Morgan fingerprint density at radius 1 is 1.15 bits per heavy atom. The molecule has 0 aliphatic heterocycles. The summed E-state index contributed by atoms with van der Waals surface area (Å²) in [6.45, 7) is 5.29. The van der Waals surface area contributed by atoms with Crippen molar-refractivity contribution in [2.75, 3.05) is 14.2 Å². The molecule has 5 heteroatoms. The van der Waals surface area contributed by atoms with E-state index in [4.69, 9.17) is 9.47 Å². The number of aromatic nitrogens is 3. The third kappa shape index (κ3) is 3.29. The van der Waals surface area contributed by atoms with Crippen LogP contribution in [-0.4, -0.2) is 29.0 Å². The molecule has 20 heavy (non-hydrogen) atoms. The highest BCUT2D eigenvalue weighted by Gasteiger charge is 2.10. The van der Waals surface area contributed by atoms with Gasteiger partial charge in [0.25, 0.3) is 0 Å². The van der Waals surface area contributed by atoms with E-state index >= 15 is 0 Å². The molecule has 0 unspecified atom stereocenters. The Hall–Kier alpha value is -2.04. The normalized spacial score (nSPS) is 10.8. The Morgan fingerprint density at radius 3 is 2.55 bits per heavy atom. The van der Waals surface area contributed by atoms with Gasteiger partial charge in [0.05, 0.1) is 14.2 Å². The molecule has 0 N–H and O–H groups in total. The molecule has 5 nitrogen and oxygen atoms in total. The Kier molecular flexibility index (Phi) is 4.61. The van der Waals surface area contributed by atoms with Crippen LogP contribution in [0.4, 0.5) is 0 Å². The first-order chi connectivity index (χ1) is 9.63. The lowest BCUT2D eigenvalue weighted by Gasteiger charge is -2.11. The minimum absolute atomic E-state index is 0.565. The lowest BCUT2D eigenvalue weighted by Crippen LogP contribution is -2.08. The predicted octanol–water partition coefficient (Wildman–Crippen LogP) is 2.54. The van der Waals surface area contributed by atoms with Gasteiger partial charge in [0.15, 0.2) is 11.5 Å². The van der Waals surface area contributed by atoms with E-state index in [1.165, 1.54) is 0 Å². The molecule has 0 aliphatic carbocycles. The molecule has 0 saturated heterocycles. The van der Waals surface area contributed by atoms with Gasteiger partial charge in [0, 0.05) is 13.0 Å². The topological polar surface area (TPSA) is 49.2 Å². The van der Waals surface area contributed by atoms with E-state index in [0.717, 1.165) is 35.9 Å². The Morgan fingerprint density at radius 2 is 1.90 bits per heavy atom. The van der Waals surface area contributed by atoms with E-state index in [1.807, 2.05) is 18.2 Å². The molecular weight excluding hydrogens is 254 g/mol. The van der Waals surface area contributed by atoms with Gasteiger partial charge in [0.2, 0.25) is 0 Å². The minimum atomic E-state index is 0.565. The van der Waals surface area contributed by atoms with Crippen LogP contribution in [0.25, 0.3) is 0 Å². The molecule has 0 aliphatic rings. The second-order valence-corrected chi connectivity index (χ2v) is 5.16.